The molecule has 0 unspecified atom stereocenters. The fourth-order valence-corrected chi connectivity index (χ4v) is 10.7. The third kappa shape index (κ3) is 8.32. The zero-order valence-electron chi connectivity index (χ0n) is 39.4. The second-order valence-corrected chi connectivity index (χ2v) is 19.8. The maximum absolute atomic E-state index is 6.18. The fourth-order valence-electron chi connectivity index (χ4n) is 10.7. The number of anilines is 3. The number of para-hydroxylation sites is 1. The van der Waals surface area contributed by atoms with Crippen LogP contribution in [0.4, 0.5) is 17.1 Å². The highest BCUT2D eigenvalue weighted by molar-refractivity contribution is 6.10. The van der Waals surface area contributed by atoms with Gasteiger partial charge in [0.05, 0.1) is 24.2 Å². The molecule has 0 N–H and O–H groups in total. The SMILES string of the molecule is CC(C)CCc1ccc(COCc2ccc(-n3c4ccccc4c4cc(-c5ccc(N(c6ccc(C7=CCCCC7)cc6)c6ccc7c(c6)C(C)(C)c6ccccc6-7)cc5)ccc43)cc2)cc1. The molecule has 8 aromatic carbocycles. The molecule has 9 aromatic rings. The molecule has 0 saturated heterocycles. The zero-order chi connectivity index (χ0) is 45.5. The van der Waals surface area contributed by atoms with Crippen molar-refractivity contribution in [2.75, 3.05) is 4.90 Å². The summed E-state index contributed by atoms with van der Waals surface area (Å²) in [4.78, 5) is 2.43. The Kier molecular flexibility index (Phi) is 11.5. The molecule has 11 rings (SSSR count). The van der Waals surface area contributed by atoms with Crippen LogP contribution in [0.5, 0.6) is 0 Å². The van der Waals surface area contributed by atoms with Crippen molar-refractivity contribution in [2.45, 2.75) is 84.8 Å². The molecule has 67 heavy (non-hydrogen) atoms. The number of hydrogen-bond acceptors (Lipinski definition) is 2. The van der Waals surface area contributed by atoms with Crippen molar-refractivity contribution in [3.8, 4) is 27.9 Å². The average molecular weight is 873 g/mol. The Balaban J connectivity index is 0.873. The van der Waals surface area contributed by atoms with E-state index in [-0.39, 0.29) is 5.41 Å². The first-order valence-corrected chi connectivity index (χ1v) is 24.5. The van der Waals surface area contributed by atoms with Crippen LogP contribution < -0.4 is 4.90 Å². The van der Waals surface area contributed by atoms with E-state index in [1.54, 1.807) is 0 Å². The number of benzene rings is 8. The van der Waals surface area contributed by atoms with Crippen LogP contribution in [-0.4, -0.2) is 4.57 Å². The summed E-state index contributed by atoms with van der Waals surface area (Å²) in [5.74, 6) is 0.721. The quantitative estimate of drug-likeness (QED) is 0.115. The van der Waals surface area contributed by atoms with Gasteiger partial charge in [0.15, 0.2) is 0 Å². The van der Waals surface area contributed by atoms with Crippen LogP contribution in [0.1, 0.15) is 93.2 Å². The van der Waals surface area contributed by atoms with Crippen LogP contribution in [0.15, 0.2) is 188 Å². The largest absolute Gasteiger partial charge is 0.372 e. The predicted molar refractivity (Wildman–Crippen MR) is 283 cm³/mol. The number of fused-ring (bicyclic) bond motifs is 6. The lowest BCUT2D eigenvalue weighted by molar-refractivity contribution is 0.107. The lowest BCUT2D eigenvalue weighted by atomic mass is 9.82. The van der Waals surface area contributed by atoms with Crippen LogP contribution in [0.25, 0.3) is 55.3 Å². The first-order valence-electron chi connectivity index (χ1n) is 24.5. The van der Waals surface area contributed by atoms with Crippen LogP contribution in [0, 0.1) is 5.92 Å². The van der Waals surface area contributed by atoms with E-state index in [1.807, 2.05) is 0 Å². The summed E-state index contributed by atoms with van der Waals surface area (Å²) in [5.41, 5.74) is 21.4. The number of ether oxygens (including phenoxy) is 1. The molecule has 3 heteroatoms. The second-order valence-electron chi connectivity index (χ2n) is 19.8. The summed E-state index contributed by atoms with van der Waals surface area (Å²) >= 11 is 0. The van der Waals surface area contributed by atoms with E-state index in [2.05, 4.69) is 225 Å². The Bertz CT molecular complexity index is 3240. The molecule has 0 atom stereocenters. The molecule has 2 aliphatic carbocycles. The molecule has 332 valence electrons. The van der Waals surface area contributed by atoms with Gasteiger partial charge in [-0.2, -0.15) is 0 Å². The average Bonchev–Trinajstić information content (AvgIpc) is 3.82. The Labute approximate surface area is 397 Å². The third-order valence-corrected chi connectivity index (χ3v) is 14.5. The topological polar surface area (TPSA) is 17.4 Å². The summed E-state index contributed by atoms with van der Waals surface area (Å²) in [6, 6.07) is 68.0. The Morgan fingerprint density at radius 1 is 0.537 bits per heavy atom. The molecule has 0 saturated carbocycles. The molecular formula is C64H60N2O. The maximum Gasteiger partial charge on any atom is 0.0721 e. The zero-order valence-corrected chi connectivity index (χ0v) is 39.4. The summed E-state index contributed by atoms with van der Waals surface area (Å²) in [6.07, 6.45) is 9.70. The minimum absolute atomic E-state index is 0.0878. The lowest BCUT2D eigenvalue weighted by Gasteiger charge is -2.28. The van der Waals surface area contributed by atoms with E-state index in [1.165, 1.54) is 114 Å². The molecule has 0 radical (unpaired) electrons. The van der Waals surface area contributed by atoms with Gasteiger partial charge in [0.1, 0.15) is 0 Å². The van der Waals surface area contributed by atoms with Crippen molar-refractivity contribution < 1.29 is 4.74 Å². The van der Waals surface area contributed by atoms with Gasteiger partial charge < -0.3 is 14.2 Å². The molecular weight excluding hydrogens is 813 g/mol. The Hall–Kier alpha value is -6.94. The van der Waals surface area contributed by atoms with Crippen molar-refractivity contribution in [1.29, 1.82) is 0 Å². The number of nitrogens with zero attached hydrogens (tertiary/aromatic N) is 2. The highest BCUT2D eigenvalue weighted by atomic mass is 16.5. The van der Waals surface area contributed by atoms with Gasteiger partial charge in [0.2, 0.25) is 0 Å². The second kappa shape index (κ2) is 18.0. The van der Waals surface area contributed by atoms with Gasteiger partial charge >= 0.3 is 0 Å². The minimum atomic E-state index is -0.0878. The summed E-state index contributed by atoms with van der Waals surface area (Å²) < 4.78 is 8.58. The van der Waals surface area contributed by atoms with E-state index < -0.39 is 0 Å². The number of aromatic nitrogens is 1. The first kappa shape index (κ1) is 42.7. The van der Waals surface area contributed by atoms with Gasteiger partial charge in [0.25, 0.3) is 0 Å². The molecule has 0 aliphatic heterocycles. The smallest absolute Gasteiger partial charge is 0.0721 e. The Morgan fingerprint density at radius 3 is 1.87 bits per heavy atom. The van der Waals surface area contributed by atoms with E-state index in [4.69, 9.17) is 4.74 Å². The van der Waals surface area contributed by atoms with Crippen molar-refractivity contribution in [1.82, 2.24) is 4.57 Å². The van der Waals surface area contributed by atoms with Crippen molar-refractivity contribution in [3.05, 3.63) is 221 Å². The molecule has 0 bridgehead atoms. The molecule has 0 spiro atoms. The van der Waals surface area contributed by atoms with Crippen LogP contribution in [-0.2, 0) is 29.8 Å². The number of rotatable bonds is 13. The van der Waals surface area contributed by atoms with Gasteiger partial charge in [-0.25, -0.2) is 0 Å². The minimum Gasteiger partial charge on any atom is -0.372 e. The lowest BCUT2D eigenvalue weighted by Crippen LogP contribution is -2.16. The van der Waals surface area contributed by atoms with Crippen LogP contribution >= 0.6 is 0 Å². The maximum atomic E-state index is 6.18. The molecule has 3 nitrogen and oxygen atoms in total. The molecule has 0 fully saturated rings. The number of hydrogen-bond donors (Lipinski definition) is 0. The van der Waals surface area contributed by atoms with Gasteiger partial charge in [-0.15, -0.1) is 0 Å². The van der Waals surface area contributed by atoms with Crippen LogP contribution in [0.2, 0.25) is 0 Å². The van der Waals surface area contributed by atoms with Gasteiger partial charge in [-0.1, -0.05) is 149 Å². The highest BCUT2D eigenvalue weighted by Gasteiger charge is 2.35. The van der Waals surface area contributed by atoms with E-state index >= 15 is 0 Å². The summed E-state index contributed by atoms with van der Waals surface area (Å²) in [5, 5.41) is 2.50. The molecule has 0 amide bonds. The van der Waals surface area contributed by atoms with Gasteiger partial charge in [-0.3, -0.25) is 0 Å². The summed E-state index contributed by atoms with van der Waals surface area (Å²) in [7, 11) is 0. The monoisotopic (exact) mass is 872 g/mol. The van der Waals surface area contributed by atoms with Crippen molar-refractivity contribution in [3.63, 3.8) is 0 Å². The number of aryl methyl sites for hydroxylation is 1. The van der Waals surface area contributed by atoms with Gasteiger partial charge in [0, 0.05) is 38.9 Å². The predicted octanol–water partition coefficient (Wildman–Crippen LogP) is 17.5. The standard InChI is InChI=1S/C64H60N2O/c1-44(2)18-19-45-20-22-46(23-21-45)42-67-43-47-24-31-54(32-25-47)66-62-17-11-9-15-58(62)59-40-51(30-39-63(59)66)50-28-35-53(36-29-50)65(52-33-26-49(27-34-52)48-12-6-5-7-13-48)55-37-38-57-56-14-8-10-16-60(56)64(3,4)61(57)41-55/h8-12,14-17,20-41,44H,5-7,13,18-19,42-43H2,1-4H3. The van der Waals surface area contributed by atoms with Crippen LogP contribution in [0.3, 0.4) is 0 Å². The normalized spacial score (nSPS) is 14.1. The molecule has 1 heterocycles. The fraction of sp³-hybridized carbons (Fsp3) is 0.219. The molecule has 2 aliphatic rings. The van der Waals surface area contributed by atoms with E-state index in [0.29, 0.717) is 13.2 Å². The summed E-state index contributed by atoms with van der Waals surface area (Å²) in [6.45, 7) is 10.5. The Morgan fingerprint density at radius 2 is 1.15 bits per heavy atom. The van der Waals surface area contributed by atoms with E-state index in [0.717, 1.165) is 35.8 Å². The number of allylic oxidation sites excluding steroid dienone is 2. The van der Waals surface area contributed by atoms with Gasteiger partial charge in [-0.05, 0) is 172 Å². The first-order chi connectivity index (χ1) is 32.8. The molecule has 1 aromatic heterocycles. The van der Waals surface area contributed by atoms with Crippen molar-refractivity contribution >= 4 is 44.4 Å². The highest BCUT2D eigenvalue weighted by Crippen LogP contribution is 2.51. The van der Waals surface area contributed by atoms with Crippen molar-refractivity contribution in [2.24, 2.45) is 5.92 Å². The van der Waals surface area contributed by atoms with E-state index in [9.17, 15) is 0 Å². The third-order valence-electron chi connectivity index (χ3n) is 14.5.